The first-order valence-corrected chi connectivity index (χ1v) is 7.96. The van der Waals surface area contributed by atoms with Crippen molar-refractivity contribution < 1.29 is 4.57 Å². The highest BCUT2D eigenvalue weighted by Crippen LogP contribution is 2.50. The molecule has 0 N–H and O–H groups in total. The minimum Gasteiger partial charge on any atom is -0.324 e. The first kappa shape index (κ1) is 11.3. The van der Waals surface area contributed by atoms with E-state index in [1.165, 1.54) is 32.1 Å². The summed E-state index contributed by atoms with van der Waals surface area (Å²) in [5.41, 5.74) is 0. The predicted molar refractivity (Wildman–Crippen MR) is 60.1 cm³/mol. The molecule has 0 aromatic carbocycles. The van der Waals surface area contributed by atoms with Crippen LogP contribution in [0.3, 0.4) is 0 Å². The van der Waals surface area contributed by atoms with Gasteiger partial charge in [-0.15, -0.1) is 0 Å². The molecule has 1 nitrogen and oxygen atoms in total. The lowest BCUT2D eigenvalue weighted by Gasteiger charge is -2.22. The Morgan fingerprint density at radius 3 is 2.31 bits per heavy atom. The van der Waals surface area contributed by atoms with E-state index in [4.69, 9.17) is 0 Å². The minimum atomic E-state index is -1.67. The fourth-order valence-corrected chi connectivity index (χ4v) is 5.13. The average Bonchev–Trinajstić information content (AvgIpc) is 2.04. The Kier molecular flexibility index (Phi) is 4.52. The van der Waals surface area contributed by atoms with Crippen LogP contribution in [0.2, 0.25) is 0 Å². The molecule has 2 heteroatoms. The maximum atomic E-state index is 12.2. The molecule has 1 saturated heterocycles. The molecule has 0 radical (unpaired) electrons. The summed E-state index contributed by atoms with van der Waals surface area (Å²) in [7, 11) is -1.67. The van der Waals surface area contributed by atoms with Crippen molar-refractivity contribution in [1.82, 2.24) is 0 Å². The fraction of sp³-hybridized carbons (Fsp3) is 1.00. The van der Waals surface area contributed by atoms with Gasteiger partial charge in [0.25, 0.3) is 0 Å². The van der Waals surface area contributed by atoms with E-state index in [9.17, 15) is 4.57 Å². The zero-order valence-corrected chi connectivity index (χ0v) is 9.98. The highest BCUT2D eigenvalue weighted by Gasteiger charge is 2.23. The van der Waals surface area contributed by atoms with Crippen molar-refractivity contribution in [1.29, 1.82) is 0 Å². The van der Waals surface area contributed by atoms with E-state index in [2.05, 4.69) is 13.8 Å². The second kappa shape index (κ2) is 5.20. The lowest BCUT2D eigenvalue weighted by atomic mass is 10.1. The van der Waals surface area contributed by atoms with Gasteiger partial charge in [0.05, 0.1) is 7.14 Å². The van der Waals surface area contributed by atoms with Crippen LogP contribution in [0.1, 0.15) is 46.0 Å². The molecule has 0 amide bonds. The third-order valence-corrected chi connectivity index (χ3v) is 6.37. The van der Waals surface area contributed by atoms with E-state index in [1.54, 1.807) is 0 Å². The third-order valence-electron chi connectivity index (χ3n) is 2.98. The zero-order valence-electron chi connectivity index (χ0n) is 9.09. The molecule has 78 valence electrons. The molecule has 0 aliphatic carbocycles. The van der Waals surface area contributed by atoms with E-state index in [1.807, 2.05) is 0 Å². The molecule has 0 aromatic heterocycles. The summed E-state index contributed by atoms with van der Waals surface area (Å²) >= 11 is 0. The maximum absolute atomic E-state index is 12.2. The Labute approximate surface area is 82.7 Å². The van der Waals surface area contributed by atoms with Gasteiger partial charge in [-0.25, -0.2) is 0 Å². The first-order chi connectivity index (χ1) is 6.12. The smallest absolute Gasteiger partial charge is 0.0877 e. The Morgan fingerprint density at radius 2 is 1.77 bits per heavy atom. The normalized spacial score (nSPS) is 22.1. The molecule has 0 bridgehead atoms. The molecule has 0 atom stereocenters. The first-order valence-electron chi connectivity index (χ1n) is 5.69. The van der Waals surface area contributed by atoms with Gasteiger partial charge >= 0.3 is 0 Å². The number of hydrogen-bond donors (Lipinski definition) is 0. The van der Waals surface area contributed by atoms with Crippen molar-refractivity contribution in [2.75, 3.05) is 18.5 Å². The Morgan fingerprint density at radius 1 is 1.15 bits per heavy atom. The fourth-order valence-electron chi connectivity index (χ4n) is 2.10. The van der Waals surface area contributed by atoms with E-state index in [0.29, 0.717) is 0 Å². The highest BCUT2D eigenvalue weighted by atomic mass is 31.2. The molecule has 1 heterocycles. The molecule has 0 aromatic rings. The van der Waals surface area contributed by atoms with Crippen molar-refractivity contribution in [3.63, 3.8) is 0 Å². The SMILES string of the molecule is CC(C)CCCP1(=O)CCCCC1. The maximum Gasteiger partial charge on any atom is 0.0877 e. The van der Waals surface area contributed by atoms with E-state index in [-0.39, 0.29) is 0 Å². The summed E-state index contributed by atoms with van der Waals surface area (Å²) in [6, 6.07) is 0. The largest absolute Gasteiger partial charge is 0.324 e. The van der Waals surface area contributed by atoms with E-state index in [0.717, 1.165) is 24.4 Å². The summed E-state index contributed by atoms with van der Waals surface area (Å²) in [6.07, 6.45) is 9.33. The molecule has 13 heavy (non-hydrogen) atoms. The Balaban J connectivity index is 2.21. The summed E-state index contributed by atoms with van der Waals surface area (Å²) in [4.78, 5) is 0. The van der Waals surface area contributed by atoms with Crippen LogP contribution in [-0.4, -0.2) is 18.5 Å². The van der Waals surface area contributed by atoms with Crippen LogP contribution in [0.25, 0.3) is 0 Å². The molecule has 1 aliphatic heterocycles. The Bertz CT molecular complexity index is 177. The molecule has 1 fully saturated rings. The second-order valence-corrected chi connectivity index (χ2v) is 8.28. The van der Waals surface area contributed by atoms with Crippen molar-refractivity contribution in [3.8, 4) is 0 Å². The van der Waals surface area contributed by atoms with Gasteiger partial charge in [0.2, 0.25) is 0 Å². The van der Waals surface area contributed by atoms with Crippen molar-refractivity contribution in [2.24, 2.45) is 5.92 Å². The summed E-state index contributed by atoms with van der Waals surface area (Å²) in [5.74, 6) is 0.774. The van der Waals surface area contributed by atoms with Crippen LogP contribution in [-0.2, 0) is 4.57 Å². The standard InChI is InChI=1S/C11H23OP/c1-11(2)7-6-10-13(12)8-4-3-5-9-13/h11H,3-10H2,1-2H3. The molecular weight excluding hydrogens is 179 g/mol. The molecule has 0 unspecified atom stereocenters. The minimum absolute atomic E-state index is 0.774. The van der Waals surface area contributed by atoms with Crippen LogP contribution < -0.4 is 0 Å². The van der Waals surface area contributed by atoms with Crippen LogP contribution >= 0.6 is 7.14 Å². The third kappa shape index (κ3) is 4.31. The number of hydrogen-bond acceptors (Lipinski definition) is 1. The van der Waals surface area contributed by atoms with Gasteiger partial charge in [0.1, 0.15) is 0 Å². The summed E-state index contributed by atoms with van der Waals surface area (Å²) < 4.78 is 12.2. The van der Waals surface area contributed by atoms with Crippen LogP contribution in [0.4, 0.5) is 0 Å². The lowest BCUT2D eigenvalue weighted by Crippen LogP contribution is -2.06. The van der Waals surface area contributed by atoms with Gasteiger partial charge in [-0.3, -0.25) is 0 Å². The van der Waals surface area contributed by atoms with Gasteiger partial charge in [-0.05, 0) is 25.2 Å². The van der Waals surface area contributed by atoms with Crippen molar-refractivity contribution >= 4 is 7.14 Å². The van der Waals surface area contributed by atoms with Gasteiger partial charge in [0.15, 0.2) is 0 Å². The average molecular weight is 202 g/mol. The van der Waals surface area contributed by atoms with Gasteiger partial charge < -0.3 is 4.57 Å². The molecule has 1 aliphatic rings. The lowest BCUT2D eigenvalue weighted by molar-refractivity contribution is 0.543. The van der Waals surface area contributed by atoms with Crippen LogP contribution in [0.5, 0.6) is 0 Å². The topological polar surface area (TPSA) is 17.1 Å². The molecule has 0 saturated carbocycles. The number of rotatable bonds is 4. The highest BCUT2D eigenvalue weighted by molar-refractivity contribution is 7.63. The zero-order chi connectivity index (χ0) is 9.73. The van der Waals surface area contributed by atoms with Crippen molar-refractivity contribution in [3.05, 3.63) is 0 Å². The summed E-state index contributed by atoms with van der Waals surface area (Å²) in [5, 5.41) is 0. The predicted octanol–water partition coefficient (Wildman–Crippen LogP) is 3.97. The Hall–Kier alpha value is 0.230. The van der Waals surface area contributed by atoms with Crippen molar-refractivity contribution in [2.45, 2.75) is 46.0 Å². The second-order valence-electron chi connectivity index (χ2n) is 4.83. The summed E-state index contributed by atoms with van der Waals surface area (Å²) in [6.45, 7) is 4.49. The van der Waals surface area contributed by atoms with E-state index >= 15 is 0 Å². The monoisotopic (exact) mass is 202 g/mol. The molecule has 1 rings (SSSR count). The van der Waals surface area contributed by atoms with Crippen LogP contribution in [0.15, 0.2) is 0 Å². The molecule has 0 spiro atoms. The van der Waals surface area contributed by atoms with Crippen LogP contribution in [0, 0.1) is 5.92 Å². The van der Waals surface area contributed by atoms with Gasteiger partial charge in [-0.1, -0.05) is 26.7 Å². The van der Waals surface area contributed by atoms with Gasteiger partial charge in [-0.2, -0.15) is 0 Å². The van der Waals surface area contributed by atoms with E-state index < -0.39 is 7.14 Å². The van der Waals surface area contributed by atoms with Gasteiger partial charge in [0, 0.05) is 18.5 Å². The quantitative estimate of drug-likeness (QED) is 0.630. The molecular formula is C11H23OP.